The van der Waals surface area contributed by atoms with E-state index in [0.29, 0.717) is 0 Å². The zero-order valence-corrected chi connectivity index (χ0v) is 8.46. The van der Waals surface area contributed by atoms with Crippen molar-refractivity contribution in [2.75, 3.05) is 0 Å². The summed E-state index contributed by atoms with van der Waals surface area (Å²) in [4.78, 5) is 0. The van der Waals surface area contributed by atoms with Crippen LogP contribution in [-0.4, -0.2) is 26.8 Å². The van der Waals surface area contributed by atoms with Crippen molar-refractivity contribution >= 4 is 14.5 Å². The molecular weight excluding hydrogens is 223 g/mol. The molecule has 0 spiro atoms. The first kappa shape index (κ1) is 11.5. The molecule has 1 aromatic rings. The molecule has 0 aliphatic heterocycles. The van der Waals surface area contributed by atoms with Gasteiger partial charge in [0.1, 0.15) is 0 Å². The molecule has 0 unspecified atom stereocenters. The topological polar surface area (TPSA) is 77.8 Å². The van der Waals surface area contributed by atoms with Crippen LogP contribution < -0.4 is 0 Å². The van der Waals surface area contributed by atoms with Crippen molar-refractivity contribution in [1.29, 1.82) is 0 Å². The van der Waals surface area contributed by atoms with E-state index in [-0.39, 0.29) is 0 Å². The summed E-state index contributed by atoms with van der Waals surface area (Å²) in [6.45, 7) is 2.08. The zero-order chi connectivity index (χ0) is 9.61. The first-order valence-electron chi connectivity index (χ1n) is 3.19. The Hall–Kier alpha value is -0.542. The predicted octanol–water partition coefficient (Wildman–Crippen LogP) is -0.176. The van der Waals surface area contributed by atoms with Crippen LogP contribution in [0.2, 0.25) is 0 Å². The fourth-order valence-corrected chi connectivity index (χ4v) is 0.534. The van der Waals surface area contributed by atoms with Crippen molar-refractivity contribution in [2.24, 2.45) is 0 Å². The number of rotatable bonds is 0. The number of aryl methyl sites for hydroxylation is 1. The van der Waals surface area contributed by atoms with Gasteiger partial charge in [0.15, 0.2) is 0 Å². The standard InChI is InChI=1S/C7H8.AsH3O4/c1-7-5-3-2-4-6-7;2-1(3,4)5/h2-6H,1H3;(H3,2,3,4,5). The van der Waals surface area contributed by atoms with Crippen molar-refractivity contribution in [3.63, 3.8) is 0 Å². The van der Waals surface area contributed by atoms with Crippen molar-refractivity contribution in [3.05, 3.63) is 35.9 Å². The van der Waals surface area contributed by atoms with Crippen LogP contribution in [0.25, 0.3) is 0 Å². The number of hydrogen-bond donors (Lipinski definition) is 3. The molecule has 0 radical (unpaired) electrons. The first-order chi connectivity index (χ1) is 5.39. The molecule has 0 saturated heterocycles. The molecule has 0 aliphatic rings. The molecule has 3 N–H and O–H groups in total. The van der Waals surface area contributed by atoms with Gasteiger partial charge in [-0.05, 0) is 6.92 Å². The average Bonchev–Trinajstić information content (AvgIpc) is 1.85. The number of hydrogen-bond acceptors (Lipinski definition) is 1. The summed E-state index contributed by atoms with van der Waals surface area (Å²) < 4.78 is 30.7. The monoisotopic (exact) mass is 234 g/mol. The van der Waals surface area contributed by atoms with Crippen LogP contribution in [0.15, 0.2) is 30.3 Å². The zero-order valence-electron chi connectivity index (χ0n) is 6.58. The Bertz CT molecular complexity index is 245. The Balaban J connectivity index is 0.000000217. The molecule has 1 aromatic carbocycles. The van der Waals surface area contributed by atoms with Gasteiger partial charge in [0.05, 0.1) is 0 Å². The third-order valence-electron chi connectivity index (χ3n) is 0.940. The second kappa shape index (κ2) is 5.17. The van der Waals surface area contributed by atoms with E-state index in [4.69, 9.17) is 16.0 Å². The van der Waals surface area contributed by atoms with Gasteiger partial charge in [0.2, 0.25) is 0 Å². The van der Waals surface area contributed by atoms with E-state index in [1.54, 1.807) is 0 Å². The van der Waals surface area contributed by atoms with Crippen LogP contribution in [0.5, 0.6) is 0 Å². The third-order valence-corrected chi connectivity index (χ3v) is 0.940. The third kappa shape index (κ3) is 12.2. The fourth-order valence-electron chi connectivity index (χ4n) is 0.534. The molecule has 12 heavy (non-hydrogen) atoms. The molecule has 0 atom stereocenters. The van der Waals surface area contributed by atoms with Gasteiger partial charge in [-0.3, -0.25) is 0 Å². The molecule has 68 valence electrons. The van der Waals surface area contributed by atoms with Crippen LogP contribution in [0.3, 0.4) is 0 Å². The Labute approximate surface area is 73.8 Å². The Kier molecular flexibility index (Phi) is 4.93. The van der Waals surface area contributed by atoms with Gasteiger partial charge in [-0.2, -0.15) is 0 Å². The normalized spacial score (nSPS) is 10.0. The van der Waals surface area contributed by atoms with E-state index in [2.05, 4.69) is 19.1 Å². The minimum atomic E-state index is -5.12. The van der Waals surface area contributed by atoms with Crippen LogP contribution in [0.4, 0.5) is 0 Å². The van der Waals surface area contributed by atoms with Crippen LogP contribution in [0, 0.1) is 6.92 Å². The fraction of sp³-hybridized carbons (Fsp3) is 0.143. The summed E-state index contributed by atoms with van der Waals surface area (Å²) in [6.07, 6.45) is 0. The van der Waals surface area contributed by atoms with Crippen molar-refractivity contribution < 1.29 is 16.0 Å². The van der Waals surface area contributed by atoms with E-state index in [9.17, 15) is 0 Å². The second-order valence-electron chi connectivity index (χ2n) is 2.17. The van der Waals surface area contributed by atoms with E-state index in [1.807, 2.05) is 18.2 Å². The summed E-state index contributed by atoms with van der Waals surface area (Å²) in [5.74, 6) is 0. The molecule has 0 heterocycles. The number of benzene rings is 1. The van der Waals surface area contributed by atoms with E-state index >= 15 is 0 Å². The van der Waals surface area contributed by atoms with Gasteiger partial charge in [0.25, 0.3) is 0 Å². The maximum atomic E-state index is 8.94. The molecule has 0 fully saturated rings. The Morgan fingerprint density at radius 2 is 1.42 bits per heavy atom. The van der Waals surface area contributed by atoms with Gasteiger partial charge in [-0.1, -0.05) is 35.9 Å². The summed E-state index contributed by atoms with van der Waals surface area (Å²) in [5.41, 5.74) is 1.32. The second-order valence-corrected chi connectivity index (χ2v) is 4.32. The van der Waals surface area contributed by atoms with E-state index in [0.717, 1.165) is 0 Å². The quantitative estimate of drug-likeness (QED) is 0.544. The maximum absolute atomic E-state index is 8.94. The average molecular weight is 234 g/mol. The van der Waals surface area contributed by atoms with Gasteiger partial charge in [0, 0.05) is 0 Å². The van der Waals surface area contributed by atoms with Crippen molar-refractivity contribution in [1.82, 2.24) is 0 Å². The molecular formula is C7H11AsO4. The van der Waals surface area contributed by atoms with Gasteiger partial charge >= 0.3 is 30.5 Å². The van der Waals surface area contributed by atoms with Crippen LogP contribution in [-0.2, 0) is 3.74 Å². The summed E-state index contributed by atoms with van der Waals surface area (Å²) in [6, 6.07) is 10.3. The van der Waals surface area contributed by atoms with E-state index in [1.165, 1.54) is 5.56 Å². The first-order valence-corrected chi connectivity index (χ1v) is 6.48. The van der Waals surface area contributed by atoms with Gasteiger partial charge < -0.3 is 0 Å². The molecule has 5 heteroatoms. The molecule has 4 nitrogen and oxygen atoms in total. The van der Waals surface area contributed by atoms with Gasteiger partial charge in [-0.25, -0.2) is 0 Å². The summed E-state index contributed by atoms with van der Waals surface area (Å²) >= 11 is -5.12. The van der Waals surface area contributed by atoms with Gasteiger partial charge in [-0.15, -0.1) is 0 Å². The van der Waals surface area contributed by atoms with Crippen molar-refractivity contribution in [2.45, 2.75) is 6.92 Å². The SMILES string of the molecule is Cc1ccccc1.O=[As](O)(O)O. The van der Waals surface area contributed by atoms with E-state index < -0.39 is 14.5 Å². The summed E-state index contributed by atoms with van der Waals surface area (Å²) in [7, 11) is 0. The molecule has 0 aliphatic carbocycles. The predicted molar refractivity (Wildman–Crippen MR) is 44.3 cm³/mol. The van der Waals surface area contributed by atoms with Crippen LogP contribution in [0.1, 0.15) is 5.56 Å². The minimum absolute atomic E-state index is 1.32. The molecule has 1 rings (SSSR count). The Morgan fingerprint density at radius 1 is 1.08 bits per heavy atom. The molecule has 0 amide bonds. The summed E-state index contributed by atoms with van der Waals surface area (Å²) in [5, 5.41) is 0. The molecule has 0 bridgehead atoms. The van der Waals surface area contributed by atoms with Crippen LogP contribution >= 0.6 is 0 Å². The molecule has 0 aromatic heterocycles. The molecule has 0 saturated carbocycles. The Morgan fingerprint density at radius 3 is 1.58 bits per heavy atom. The van der Waals surface area contributed by atoms with Crippen molar-refractivity contribution in [3.8, 4) is 0 Å².